The number of benzene rings is 2. The van der Waals surface area contributed by atoms with Gasteiger partial charge in [0.05, 0.1) is 11.6 Å². The Hall–Kier alpha value is -2.40. The molecule has 138 valence electrons. The Kier molecular flexibility index (Phi) is 7.16. The zero-order valence-corrected chi connectivity index (χ0v) is 15.4. The predicted molar refractivity (Wildman–Crippen MR) is 98.5 cm³/mol. The summed E-state index contributed by atoms with van der Waals surface area (Å²) in [6.45, 7) is 3.48. The molecule has 0 heterocycles. The number of esters is 1. The van der Waals surface area contributed by atoms with Crippen LogP contribution >= 0.6 is 11.6 Å². The fourth-order valence-electron chi connectivity index (χ4n) is 2.52. The second-order valence-corrected chi connectivity index (χ2v) is 6.37. The van der Waals surface area contributed by atoms with E-state index in [0.29, 0.717) is 0 Å². The summed E-state index contributed by atoms with van der Waals surface area (Å²) in [4.78, 5) is 24.5. The van der Waals surface area contributed by atoms with Crippen LogP contribution in [-0.2, 0) is 9.53 Å². The van der Waals surface area contributed by atoms with E-state index in [1.54, 1.807) is 0 Å². The van der Waals surface area contributed by atoms with Gasteiger partial charge in [-0.1, -0.05) is 55.3 Å². The minimum Gasteiger partial charge on any atom is -0.449 e. The summed E-state index contributed by atoms with van der Waals surface area (Å²) in [6, 6.07) is 13.0. The standard InChI is InChI=1S/C20H21ClFNO3/c1-3-7-18(14-8-5-4-6-9-14)23-19(24)13(2)26-20(25)16-11-10-15(21)12-17(16)22/h4-6,8-13,18H,3,7H2,1-2H3,(H,23,24)/t13-,18-/m0/s1. The number of nitrogens with one attached hydrogen (secondary N) is 1. The van der Waals surface area contributed by atoms with Crippen molar-refractivity contribution in [2.75, 3.05) is 0 Å². The molecule has 4 nitrogen and oxygen atoms in total. The van der Waals surface area contributed by atoms with Crippen molar-refractivity contribution < 1.29 is 18.7 Å². The molecule has 0 fully saturated rings. The molecule has 0 aromatic heterocycles. The first-order chi connectivity index (χ1) is 12.4. The number of rotatable bonds is 7. The molecular weight excluding hydrogens is 357 g/mol. The highest BCUT2D eigenvalue weighted by molar-refractivity contribution is 6.30. The normalized spacial score (nSPS) is 12.9. The van der Waals surface area contributed by atoms with Gasteiger partial charge in [-0.25, -0.2) is 9.18 Å². The molecule has 2 atom stereocenters. The summed E-state index contributed by atoms with van der Waals surface area (Å²) in [5, 5.41) is 3.06. The monoisotopic (exact) mass is 377 g/mol. The second kappa shape index (κ2) is 9.34. The third-order valence-electron chi connectivity index (χ3n) is 3.90. The Morgan fingerprint density at radius 1 is 1.19 bits per heavy atom. The van der Waals surface area contributed by atoms with Crippen molar-refractivity contribution in [2.24, 2.45) is 0 Å². The van der Waals surface area contributed by atoms with Crippen molar-refractivity contribution in [3.63, 3.8) is 0 Å². The number of hydrogen-bond donors (Lipinski definition) is 1. The molecule has 0 spiro atoms. The fraction of sp³-hybridized carbons (Fsp3) is 0.300. The molecule has 1 N–H and O–H groups in total. The molecule has 0 aliphatic heterocycles. The molecule has 26 heavy (non-hydrogen) atoms. The maximum absolute atomic E-state index is 13.8. The molecule has 2 aromatic rings. The van der Waals surface area contributed by atoms with Gasteiger partial charge < -0.3 is 10.1 Å². The summed E-state index contributed by atoms with van der Waals surface area (Å²) in [7, 11) is 0. The summed E-state index contributed by atoms with van der Waals surface area (Å²) >= 11 is 5.67. The Bertz CT molecular complexity index is 767. The van der Waals surface area contributed by atoms with E-state index in [4.69, 9.17) is 16.3 Å². The van der Waals surface area contributed by atoms with Crippen LogP contribution in [0.15, 0.2) is 48.5 Å². The van der Waals surface area contributed by atoms with Crippen LogP contribution in [0.3, 0.4) is 0 Å². The first kappa shape index (κ1) is 19.9. The van der Waals surface area contributed by atoms with Crippen molar-refractivity contribution in [1.29, 1.82) is 0 Å². The van der Waals surface area contributed by atoms with Gasteiger partial charge in [-0.05, 0) is 37.1 Å². The lowest BCUT2D eigenvalue weighted by atomic mass is 10.0. The molecule has 0 radical (unpaired) electrons. The average Bonchev–Trinajstić information content (AvgIpc) is 2.61. The molecule has 0 unspecified atom stereocenters. The van der Waals surface area contributed by atoms with Gasteiger partial charge in [-0.3, -0.25) is 4.79 Å². The van der Waals surface area contributed by atoms with Gasteiger partial charge >= 0.3 is 5.97 Å². The number of carbonyl (C=O) groups excluding carboxylic acids is 2. The van der Waals surface area contributed by atoms with E-state index in [1.807, 2.05) is 37.3 Å². The Morgan fingerprint density at radius 3 is 2.50 bits per heavy atom. The van der Waals surface area contributed by atoms with Gasteiger partial charge in [0.1, 0.15) is 5.82 Å². The molecule has 1 amide bonds. The molecule has 0 saturated heterocycles. The van der Waals surface area contributed by atoms with Crippen molar-refractivity contribution >= 4 is 23.5 Å². The Balaban J connectivity index is 2.02. The van der Waals surface area contributed by atoms with Crippen LogP contribution in [0.25, 0.3) is 0 Å². The molecule has 2 aromatic carbocycles. The second-order valence-electron chi connectivity index (χ2n) is 5.93. The number of ether oxygens (including phenoxy) is 1. The van der Waals surface area contributed by atoms with E-state index in [9.17, 15) is 14.0 Å². The molecule has 2 rings (SSSR count). The SMILES string of the molecule is CCC[C@H](NC(=O)[C@H](C)OC(=O)c1ccc(Cl)cc1F)c1ccccc1. The largest absolute Gasteiger partial charge is 0.449 e. The van der Waals surface area contributed by atoms with Crippen LogP contribution in [0.1, 0.15) is 48.7 Å². The van der Waals surface area contributed by atoms with E-state index >= 15 is 0 Å². The minimum atomic E-state index is -1.05. The van der Waals surface area contributed by atoms with Gasteiger partial charge in [0.25, 0.3) is 5.91 Å². The quantitative estimate of drug-likeness (QED) is 0.712. The number of carbonyl (C=O) groups is 2. The third kappa shape index (κ3) is 5.30. The highest BCUT2D eigenvalue weighted by atomic mass is 35.5. The van der Waals surface area contributed by atoms with E-state index in [-0.39, 0.29) is 16.6 Å². The lowest BCUT2D eigenvalue weighted by Gasteiger charge is -2.21. The number of halogens is 2. The summed E-state index contributed by atoms with van der Waals surface area (Å²) in [5.74, 6) is -2.13. The predicted octanol–water partition coefficient (Wildman–Crippen LogP) is 4.68. The van der Waals surface area contributed by atoms with Crippen molar-refractivity contribution in [3.05, 3.63) is 70.5 Å². The van der Waals surface area contributed by atoms with Crippen LogP contribution in [0.5, 0.6) is 0 Å². The summed E-state index contributed by atoms with van der Waals surface area (Å²) in [6.07, 6.45) is 0.576. The molecule has 0 bridgehead atoms. The van der Waals surface area contributed by atoms with Gasteiger partial charge in [0, 0.05) is 5.02 Å². The molecule has 0 saturated carbocycles. The van der Waals surface area contributed by atoms with E-state index < -0.39 is 23.8 Å². The van der Waals surface area contributed by atoms with E-state index in [2.05, 4.69) is 5.32 Å². The summed E-state index contributed by atoms with van der Waals surface area (Å²) < 4.78 is 18.9. The van der Waals surface area contributed by atoms with Crippen LogP contribution < -0.4 is 5.32 Å². The molecule has 0 aliphatic carbocycles. The van der Waals surface area contributed by atoms with Gasteiger partial charge in [0.15, 0.2) is 6.10 Å². The maximum Gasteiger partial charge on any atom is 0.341 e. The maximum atomic E-state index is 13.8. The van der Waals surface area contributed by atoms with Gasteiger partial charge in [0.2, 0.25) is 0 Å². The Labute approximate surface area is 157 Å². The molecular formula is C20H21ClFNO3. The minimum absolute atomic E-state index is 0.176. The topological polar surface area (TPSA) is 55.4 Å². The van der Waals surface area contributed by atoms with E-state index in [0.717, 1.165) is 24.5 Å². The third-order valence-corrected chi connectivity index (χ3v) is 4.13. The van der Waals surface area contributed by atoms with Crippen LogP contribution in [-0.4, -0.2) is 18.0 Å². The number of hydrogen-bond acceptors (Lipinski definition) is 3. The van der Waals surface area contributed by atoms with Crippen LogP contribution in [0, 0.1) is 5.82 Å². The molecule has 0 aliphatic rings. The zero-order valence-electron chi connectivity index (χ0n) is 14.7. The highest BCUT2D eigenvalue weighted by Gasteiger charge is 2.23. The van der Waals surface area contributed by atoms with E-state index in [1.165, 1.54) is 19.1 Å². The van der Waals surface area contributed by atoms with Crippen molar-refractivity contribution in [2.45, 2.75) is 38.8 Å². The lowest BCUT2D eigenvalue weighted by Crippen LogP contribution is -2.38. The summed E-state index contributed by atoms with van der Waals surface area (Å²) in [5.41, 5.74) is 0.715. The first-order valence-corrected chi connectivity index (χ1v) is 8.81. The fourth-order valence-corrected chi connectivity index (χ4v) is 2.68. The van der Waals surface area contributed by atoms with Crippen molar-refractivity contribution in [3.8, 4) is 0 Å². The first-order valence-electron chi connectivity index (χ1n) is 8.43. The highest BCUT2D eigenvalue weighted by Crippen LogP contribution is 2.19. The van der Waals surface area contributed by atoms with Gasteiger partial charge in [-0.15, -0.1) is 0 Å². The van der Waals surface area contributed by atoms with Gasteiger partial charge in [-0.2, -0.15) is 0 Å². The number of amides is 1. The molecule has 6 heteroatoms. The smallest absolute Gasteiger partial charge is 0.341 e. The lowest BCUT2D eigenvalue weighted by molar-refractivity contribution is -0.129. The zero-order chi connectivity index (χ0) is 19.1. The average molecular weight is 378 g/mol. The van der Waals surface area contributed by atoms with Crippen molar-refractivity contribution in [1.82, 2.24) is 5.32 Å². The van der Waals surface area contributed by atoms with Crippen LogP contribution in [0.4, 0.5) is 4.39 Å². The van der Waals surface area contributed by atoms with Crippen LogP contribution in [0.2, 0.25) is 5.02 Å². The Morgan fingerprint density at radius 2 is 1.88 bits per heavy atom.